The first kappa shape index (κ1) is 16.7. The van der Waals surface area contributed by atoms with Gasteiger partial charge in [0.2, 0.25) is 0 Å². The highest BCUT2D eigenvalue weighted by Crippen LogP contribution is 2.11. The van der Waals surface area contributed by atoms with Crippen LogP contribution in [0.15, 0.2) is 6.20 Å². The quantitative estimate of drug-likeness (QED) is 0.558. The van der Waals surface area contributed by atoms with Gasteiger partial charge >= 0.3 is 5.97 Å². The number of hydrogen-bond acceptors (Lipinski definition) is 1. The maximum absolute atomic E-state index is 11.2. The average Bonchev–Trinajstić information content (AvgIpc) is 2.69. The van der Waals surface area contributed by atoms with Crippen LogP contribution in [0.2, 0.25) is 0 Å². The number of unbranched alkanes of at least 4 members (excludes halogenated alkanes) is 5. The molecule has 1 aromatic rings. The zero-order valence-electron chi connectivity index (χ0n) is 13.4. The van der Waals surface area contributed by atoms with E-state index in [0.29, 0.717) is 0 Å². The average molecular weight is 281 g/mol. The number of aliphatic carboxylic acids is 1. The van der Waals surface area contributed by atoms with Crippen molar-refractivity contribution in [2.75, 3.05) is 0 Å². The number of nitrogens with zero attached hydrogens (tertiary/aromatic N) is 2. The fourth-order valence-corrected chi connectivity index (χ4v) is 2.55. The second-order valence-electron chi connectivity index (χ2n) is 5.68. The van der Waals surface area contributed by atoms with Gasteiger partial charge in [0.25, 0.3) is 5.82 Å². The van der Waals surface area contributed by atoms with Gasteiger partial charge in [0.1, 0.15) is 11.9 Å². The second-order valence-corrected chi connectivity index (χ2v) is 5.68. The zero-order chi connectivity index (χ0) is 15.1. The maximum Gasteiger partial charge on any atom is 0.349 e. The Labute approximate surface area is 122 Å². The normalized spacial score (nSPS) is 12.6. The summed E-state index contributed by atoms with van der Waals surface area (Å²) in [4.78, 5) is 11.2. The fourth-order valence-electron chi connectivity index (χ4n) is 2.55. The summed E-state index contributed by atoms with van der Waals surface area (Å²) in [5.41, 5.74) is 1.11. The van der Waals surface area contributed by atoms with E-state index in [9.17, 15) is 9.90 Å². The van der Waals surface area contributed by atoms with Crippen LogP contribution in [0.25, 0.3) is 0 Å². The van der Waals surface area contributed by atoms with E-state index in [1.165, 1.54) is 32.1 Å². The Morgan fingerprint density at radius 1 is 1.30 bits per heavy atom. The maximum atomic E-state index is 11.2. The lowest BCUT2D eigenvalue weighted by molar-refractivity contribution is -0.714. The molecule has 0 fully saturated rings. The van der Waals surface area contributed by atoms with E-state index in [1.54, 1.807) is 6.92 Å². The van der Waals surface area contributed by atoms with Crippen LogP contribution in [0.1, 0.15) is 69.9 Å². The van der Waals surface area contributed by atoms with E-state index < -0.39 is 12.0 Å². The van der Waals surface area contributed by atoms with Gasteiger partial charge in [-0.1, -0.05) is 39.0 Å². The van der Waals surface area contributed by atoms with Gasteiger partial charge in [0.15, 0.2) is 6.04 Å². The van der Waals surface area contributed by atoms with Crippen molar-refractivity contribution in [1.29, 1.82) is 0 Å². The van der Waals surface area contributed by atoms with E-state index >= 15 is 0 Å². The largest absolute Gasteiger partial charge is 0.478 e. The van der Waals surface area contributed by atoms with Crippen LogP contribution in [0.3, 0.4) is 0 Å². The number of carboxylic acid groups (broad SMARTS) is 1. The molecule has 0 spiro atoms. The van der Waals surface area contributed by atoms with Gasteiger partial charge in [-0.2, -0.15) is 0 Å². The topological polar surface area (TPSA) is 46.1 Å². The minimum atomic E-state index is -0.773. The Hall–Kier alpha value is -1.32. The van der Waals surface area contributed by atoms with Crippen LogP contribution in [-0.4, -0.2) is 15.6 Å². The molecule has 20 heavy (non-hydrogen) atoms. The fraction of sp³-hybridized carbons (Fsp3) is 0.750. The number of hydrogen-bond donors (Lipinski definition) is 1. The first-order chi connectivity index (χ1) is 9.49. The monoisotopic (exact) mass is 281 g/mol. The first-order valence-electron chi connectivity index (χ1n) is 7.78. The molecule has 4 heteroatoms. The van der Waals surface area contributed by atoms with Crippen LogP contribution >= 0.6 is 0 Å². The van der Waals surface area contributed by atoms with Crippen molar-refractivity contribution < 1.29 is 14.5 Å². The molecular weight excluding hydrogens is 252 g/mol. The van der Waals surface area contributed by atoms with Crippen LogP contribution in [0.5, 0.6) is 0 Å². The molecule has 0 saturated carbocycles. The Morgan fingerprint density at radius 2 is 1.90 bits per heavy atom. The predicted octanol–water partition coefficient (Wildman–Crippen LogP) is 3.17. The van der Waals surface area contributed by atoms with Crippen LogP contribution < -0.4 is 4.57 Å². The lowest BCUT2D eigenvalue weighted by Gasteiger charge is -2.06. The third-order valence-electron chi connectivity index (χ3n) is 4.07. The van der Waals surface area contributed by atoms with E-state index in [1.807, 2.05) is 24.7 Å². The Bertz CT molecular complexity index is 438. The van der Waals surface area contributed by atoms with Crippen LogP contribution in [0.4, 0.5) is 0 Å². The molecule has 1 atom stereocenters. The second kappa shape index (κ2) is 8.08. The van der Waals surface area contributed by atoms with E-state index in [-0.39, 0.29) is 0 Å². The predicted molar refractivity (Wildman–Crippen MR) is 79.8 cm³/mol. The van der Waals surface area contributed by atoms with Crippen molar-refractivity contribution in [3.8, 4) is 0 Å². The van der Waals surface area contributed by atoms with Gasteiger partial charge in [-0.3, -0.25) is 0 Å². The summed E-state index contributed by atoms with van der Waals surface area (Å²) in [6.07, 6.45) is 10.4. The Kier molecular flexibility index (Phi) is 6.76. The summed E-state index contributed by atoms with van der Waals surface area (Å²) in [5, 5.41) is 9.20. The van der Waals surface area contributed by atoms with Gasteiger partial charge in [0.05, 0.1) is 7.05 Å². The summed E-state index contributed by atoms with van der Waals surface area (Å²) < 4.78 is 4.02. The molecular formula is C16H29N2O2+. The highest BCUT2D eigenvalue weighted by Gasteiger charge is 2.26. The third kappa shape index (κ3) is 4.36. The van der Waals surface area contributed by atoms with Gasteiger partial charge in [-0.25, -0.2) is 13.9 Å². The number of carboxylic acids is 1. The Morgan fingerprint density at radius 3 is 2.50 bits per heavy atom. The highest BCUT2D eigenvalue weighted by molar-refractivity contribution is 5.69. The number of imidazole rings is 1. The number of aromatic nitrogens is 2. The molecule has 1 N–H and O–H groups in total. The molecule has 1 aromatic heterocycles. The van der Waals surface area contributed by atoms with Crippen molar-refractivity contribution in [3.05, 3.63) is 17.7 Å². The van der Waals surface area contributed by atoms with Gasteiger partial charge < -0.3 is 5.11 Å². The minimum absolute atomic E-state index is 0.495. The third-order valence-corrected chi connectivity index (χ3v) is 4.07. The number of carbonyl (C=O) groups is 1. The van der Waals surface area contributed by atoms with E-state index in [2.05, 4.69) is 11.5 Å². The van der Waals surface area contributed by atoms with Crippen molar-refractivity contribution in [2.45, 2.75) is 71.8 Å². The molecule has 4 nitrogen and oxygen atoms in total. The van der Waals surface area contributed by atoms with Crippen molar-refractivity contribution >= 4 is 5.97 Å². The smallest absolute Gasteiger partial charge is 0.349 e. The van der Waals surface area contributed by atoms with Gasteiger partial charge in [-0.15, -0.1) is 0 Å². The lowest BCUT2D eigenvalue weighted by atomic mass is 10.1. The standard InChI is InChI=1S/C16H28N2O2/c1-5-6-7-8-9-10-11-15-17(4)13(2)12-18(15)14(3)16(19)20/h12,14H,5-11H2,1-4H3/p+1. The summed E-state index contributed by atoms with van der Waals surface area (Å²) in [6, 6.07) is -0.495. The Balaban J connectivity index is 2.62. The SMILES string of the molecule is CCCCCCCCc1n(C)c(C)c[n+]1C(C)C(=O)O. The van der Waals surface area contributed by atoms with E-state index in [0.717, 1.165) is 24.4 Å². The van der Waals surface area contributed by atoms with Crippen LogP contribution in [-0.2, 0) is 18.3 Å². The molecule has 1 unspecified atom stereocenters. The molecule has 114 valence electrons. The van der Waals surface area contributed by atoms with Crippen molar-refractivity contribution in [2.24, 2.45) is 7.05 Å². The number of rotatable bonds is 9. The molecule has 0 bridgehead atoms. The zero-order valence-corrected chi connectivity index (χ0v) is 13.4. The van der Waals surface area contributed by atoms with Crippen molar-refractivity contribution in [1.82, 2.24) is 4.57 Å². The minimum Gasteiger partial charge on any atom is -0.478 e. The molecule has 0 aliphatic heterocycles. The van der Waals surface area contributed by atoms with Crippen molar-refractivity contribution in [3.63, 3.8) is 0 Å². The summed E-state index contributed by atoms with van der Waals surface area (Å²) in [7, 11) is 2.02. The van der Waals surface area contributed by atoms with Gasteiger partial charge in [0, 0.05) is 13.3 Å². The molecule has 0 amide bonds. The van der Waals surface area contributed by atoms with Gasteiger partial charge in [-0.05, 0) is 13.3 Å². The summed E-state index contributed by atoms with van der Waals surface area (Å²) in [6.45, 7) is 5.99. The molecule has 0 saturated heterocycles. The summed E-state index contributed by atoms with van der Waals surface area (Å²) in [5.74, 6) is 0.345. The molecule has 1 rings (SSSR count). The van der Waals surface area contributed by atoms with Crippen LogP contribution in [0, 0.1) is 6.92 Å². The molecule has 0 aromatic carbocycles. The molecule has 0 radical (unpaired) electrons. The highest BCUT2D eigenvalue weighted by atomic mass is 16.4. The molecule has 0 aliphatic carbocycles. The lowest BCUT2D eigenvalue weighted by Crippen LogP contribution is -2.44. The molecule has 0 aliphatic rings. The first-order valence-corrected chi connectivity index (χ1v) is 7.78. The number of aryl methyl sites for hydroxylation is 1. The molecule has 1 heterocycles. The van der Waals surface area contributed by atoms with E-state index in [4.69, 9.17) is 0 Å². The summed E-state index contributed by atoms with van der Waals surface area (Å²) >= 11 is 0.